The van der Waals surface area contributed by atoms with E-state index in [0.29, 0.717) is 4.70 Å². The first-order valence-electron chi connectivity index (χ1n) is 3.92. The zero-order valence-electron chi connectivity index (χ0n) is 7.27. The first kappa shape index (κ1) is 9.43. The molecule has 0 fully saturated rings. The molecule has 74 valence electrons. The maximum Gasteiger partial charge on any atom is 0.347 e. The van der Waals surface area contributed by atoms with Crippen LogP contribution in [0.15, 0.2) is 17.1 Å². The molecule has 0 aliphatic heterocycles. The van der Waals surface area contributed by atoms with Crippen LogP contribution in [0.25, 0.3) is 10.1 Å². The normalized spacial score (nSPS) is 10.1. The molecule has 0 radical (unpaired) electrons. The van der Waals surface area contributed by atoms with E-state index in [2.05, 4.69) is 4.98 Å². The Labute approximate surface area is 87.2 Å². The summed E-state index contributed by atoms with van der Waals surface area (Å²) in [6.07, 6.45) is 1.42. The Bertz CT molecular complexity index is 647. The monoisotopic (exact) mass is 220 g/mol. The third-order valence-electron chi connectivity index (χ3n) is 1.92. The molecule has 0 spiro atoms. The molecule has 2 heterocycles. The van der Waals surface area contributed by atoms with E-state index in [1.54, 1.807) is 12.1 Å². The molecular weight excluding hydrogens is 216 g/mol. The number of aromatic carboxylic acids is 1. The molecule has 2 rings (SSSR count). The van der Waals surface area contributed by atoms with Gasteiger partial charge in [-0.15, -0.1) is 11.3 Å². The van der Waals surface area contributed by atoms with Crippen molar-refractivity contribution in [2.75, 3.05) is 0 Å². The fraction of sp³-hybridized carbons (Fsp3) is 0. The maximum atomic E-state index is 11.4. The minimum Gasteiger partial charge on any atom is -0.477 e. The fourth-order valence-corrected chi connectivity index (χ4v) is 2.30. The number of fused-ring (bicyclic) bond motifs is 1. The summed E-state index contributed by atoms with van der Waals surface area (Å²) < 4.78 is 0.507. The number of nitrogens with one attached hydrogen (secondary N) is 1. The van der Waals surface area contributed by atoms with Gasteiger partial charge in [0.1, 0.15) is 10.9 Å². The summed E-state index contributed by atoms with van der Waals surface area (Å²) >= 11 is 0.929. The predicted octanol–water partition coefficient (Wildman–Crippen LogP) is 1.16. The van der Waals surface area contributed by atoms with Crippen LogP contribution in [0.1, 0.15) is 15.2 Å². The molecule has 0 atom stereocenters. The van der Waals surface area contributed by atoms with Gasteiger partial charge in [-0.1, -0.05) is 0 Å². The number of rotatable bonds is 1. The van der Waals surface area contributed by atoms with Crippen molar-refractivity contribution in [3.8, 4) is 6.07 Å². The summed E-state index contributed by atoms with van der Waals surface area (Å²) in [5, 5.41) is 17.8. The minimum absolute atomic E-state index is 0.0654. The number of carboxylic acids is 1. The summed E-state index contributed by atoms with van der Waals surface area (Å²) in [5.41, 5.74) is -0.503. The van der Waals surface area contributed by atoms with Gasteiger partial charge < -0.3 is 10.1 Å². The van der Waals surface area contributed by atoms with Crippen LogP contribution in [0.4, 0.5) is 0 Å². The second-order valence-corrected chi connectivity index (χ2v) is 3.82. The van der Waals surface area contributed by atoms with Crippen LogP contribution in [-0.2, 0) is 0 Å². The number of aromatic nitrogens is 1. The van der Waals surface area contributed by atoms with Crippen LogP contribution in [-0.4, -0.2) is 16.1 Å². The summed E-state index contributed by atoms with van der Waals surface area (Å²) in [5.74, 6) is -1.19. The van der Waals surface area contributed by atoms with Gasteiger partial charge in [-0.2, -0.15) is 5.26 Å². The summed E-state index contributed by atoms with van der Waals surface area (Å²) in [6.45, 7) is 0. The third-order valence-corrected chi connectivity index (χ3v) is 3.06. The predicted molar refractivity (Wildman–Crippen MR) is 54.1 cm³/mol. The van der Waals surface area contributed by atoms with Crippen LogP contribution in [0.2, 0.25) is 0 Å². The number of thiophene rings is 1. The van der Waals surface area contributed by atoms with Gasteiger partial charge in [0.2, 0.25) is 0 Å². The average molecular weight is 220 g/mol. The van der Waals surface area contributed by atoms with E-state index in [-0.39, 0.29) is 15.8 Å². The van der Waals surface area contributed by atoms with E-state index in [0.717, 1.165) is 11.3 Å². The molecule has 0 aromatic carbocycles. The largest absolute Gasteiger partial charge is 0.477 e. The van der Waals surface area contributed by atoms with Gasteiger partial charge in [0.05, 0.1) is 10.9 Å². The molecule has 2 N–H and O–H groups in total. The number of carboxylic acid groups (broad SMARTS) is 1. The molecule has 0 aliphatic carbocycles. The zero-order valence-corrected chi connectivity index (χ0v) is 8.09. The number of H-pyrrole nitrogens is 1. The molecule has 2 aromatic heterocycles. The minimum atomic E-state index is -1.19. The highest BCUT2D eigenvalue weighted by Crippen LogP contribution is 2.27. The number of carbonyl (C=O) groups is 1. The van der Waals surface area contributed by atoms with Gasteiger partial charge in [-0.25, -0.2) is 4.79 Å². The molecule has 0 aliphatic rings. The maximum absolute atomic E-state index is 11.4. The van der Waals surface area contributed by atoms with Crippen molar-refractivity contribution >= 4 is 27.4 Å². The number of hydrogen-bond donors (Lipinski definition) is 2. The van der Waals surface area contributed by atoms with Crippen LogP contribution in [0.5, 0.6) is 0 Å². The number of nitriles is 1. The van der Waals surface area contributed by atoms with Crippen molar-refractivity contribution < 1.29 is 9.90 Å². The highest BCUT2D eigenvalue weighted by atomic mass is 32.1. The summed E-state index contributed by atoms with van der Waals surface area (Å²) in [4.78, 5) is 24.5. The first-order chi connectivity index (χ1) is 7.15. The topological polar surface area (TPSA) is 93.9 Å². The fourth-order valence-electron chi connectivity index (χ4n) is 1.31. The third kappa shape index (κ3) is 1.30. The number of hydrogen-bond acceptors (Lipinski definition) is 4. The van der Waals surface area contributed by atoms with Gasteiger partial charge in [0.25, 0.3) is 5.56 Å². The Morgan fingerprint density at radius 3 is 2.93 bits per heavy atom. The lowest BCUT2D eigenvalue weighted by atomic mass is 10.2. The van der Waals surface area contributed by atoms with Crippen LogP contribution in [0.3, 0.4) is 0 Å². The first-order valence-corrected chi connectivity index (χ1v) is 4.74. The number of aromatic amines is 1. The molecule has 2 aromatic rings. The van der Waals surface area contributed by atoms with Crippen molar-refractivity contribution in [3.63, 3.8) is 0 Å². The van der Waals surface area contributed by atoms with E-state index in [9.17, 15) is 9.59 Å². The molecule has 0 saturated heterocycles. The lowest BCUT2D eigenvalue weighted by Gasteiger charge is -1.87. The van der Waals surface area contributed by atoms with E-state index >= 15 is 0 Å². The average Bonchev–Trinajstić information content (AvgIpc) is 2.57. The van der Waals surface area contributed by atoms with Crippen LogP contribution >= 0.6 is 11.3 Å². The molecule has 0 amide bonds. The second kappa shape index (κ2) is 3.22. The van der Waals surface area contributed by atoms with E-state index in [4.69, 9.17) is 10.4 Å². The smallest absolute Gasteiger partial charge is 0.347 e. The van der Waals surface area contributed by atoms with E-state index in [1.807, 2.05) is 0 Å². The van der Waals surface area contributed by atoms with Gasteiger partial charge in [-0.05, 0) is 6.07 Å². The van der Waals surface area contributed by atoms with Gasteiger partial charge in [-0.3, -0.25) is 4.79 Å². The Balaban J connectivity index is 3.01. The van der Waals surface area contributed by atoms with E-state index < -0.39 is 11.5 Å². The summed E-state index contributed by atoms with van der Waals surface area (Å²) in [6, 6.07) is 3.33. The van der Waals surface area contributed by atoms with E-state index in [1.165, 1.54) is 6.20 Å². The summed E-state index contributed by atoms with van der Waals surface area (Å²) in [7, 11) is 0. The standard InChI is InChI=1S/C9H4N2O3S/c10-3-4-6-5(1-2-11-8(6)12)15-7(4)9(13)14/h1-2H,(H,11,12)(H,13,14). The Hall–Kier alpha value is -2.13. The van der Waals surface area contributed by atoms with Crippen molar-refractivity contribution in [1.82, 2.24) is 4.98 Å². The molecule has 0 bridgehead atoms. The highest BCUT2D eigenvalue weighted by Gasteiger charge is 2.19. The molecule has 15 heavy (non-hydrogen) atoms. The Morgan fingerprint density at radius 1 is 1.60 bits per heavy atom. The molecule has 6 heteroatoms. The number of nitrogens with zero attached hydrogens (tertiary/aromatic N) is 1. The highest BCUT2D eigenvalue weighted by molar-refractivity contribution is 7.21. The van der Waals surface area contributed by atoms with Gasteiger partial charge in [0.15, 0.2) is 0 Å². The number of pyridine rings is 1. The quantitative estimate of drug-likeness (QED) is 0.753. The van der Waals surface area contributed by atoms with Crippen molar-refractivity contribution in [3.05, 3.63) is 33.1 Å². The second-order valence-electron chi connectivity index (χ2n) is 2.77. The lowest BCUT2D eigenvalue weighted by molar-refractivity contribution is 0.0702. The molecular formula is C9H4N2O3S. The van der Waals surface area contributed by atoms with Crippen molar-refractivity contribution in [1.29, 1.82) is 5.26 Å². The van der Waals surface area contributed by atoms with Crippen molar-refractivity contribution in [2.45, 2.75) is 0 Å². The lowest BCUT2D eigenvalue weighted by Crippen LogP contribution is -2.05. The van der Waals surface area contributed by atoms with Gasteiger partial charge in [0, 0.05) is 10.9 Å². The van der Waals surface area contributed by atoms with Crippen molar-refractivity contribution in [2.24, 2.45) is 0 Å². The molecule has 0 saturated carbocycles. The molecule has 0 unspecified atom stereocenters. The van der Waals surface area contributed by atoms with Crippen LogP contribution in [0, 0.1) is 11.3 Å². The Kier molecular flexibility index (Phi) is 2.02. The SMILES string of the molecule is N#Cc1c(C(=O)O)sc2cc[nH]c(=O)c12. The Morgan fingerprint density at radius 2 is 2.33 bits per heavy atom. The van der Waals surface area contributed by atoms with Gasteiger partial charge >= 0.3 is 5.97 Å². The van der Waals surface area contributed by atoms with Crippen LogP contribution < -0.4 is 5.56 Å². The zero-order chi connectivity index (χ0) is 11.0. The molecule has 5 nitrogen and oxygen atoms in total.